The normalized spacial score (nSPS) is 11.4. The van der Waals surface area contributed by atoms with Crippen LogP contribution in [0.3, 0.4) is 0 Å². The molecule has 0 aliphatic rings. The molecule has 136 valence electrons. The van der Waals surface area contributed by atoms with Crippen LogP contribution in [0.1, 0.15) is 23.1 Å². The van der Waals surface area contributed by atoms with Gasteiger partial charge in [0.25, 0.3) is 0 Å². The highest BCUT2D eigenvalue weighted by Crippen LogP contribution is 2.29. The first-order chi connectivity index (χ1) is 13.1. The van der Waals surface area contributed by atoms with Crippen molar-refractivity contribution in [1.29, 1.82) is 0 Å². The van der Waals surface area contributed by atoms with Gasteiger partial charge in [-0.15, -0.1) is 0 Å². The second-order valence-corrected chi connectivity index (χ2v) is 6.86. The van der Waals surface area contributed by atoms with Gasteiger partial charge in [0.15, 0.2) is 0 Å². The molecule has 3 rings (SSSR count). The highest BCUT2D eigenvalue weighted by molar-refractivity contribution is 6.30. The molecule has 0 spiro atoms. The Morgan fingerprint density at radius 2 is 1.67 bits per heavy atom. The van der Waals surface area contributed by atoms with E-state index in [9.17, 15) is 5.11 Å². The van der Waals surface area contributed by atoms with Crippen molar-refractivity contribution in [2.75, 3.05) is 0 Å². The topological polar surface area (TPSA) is 32.6 Å². The molecule has 0 bridgehead atoms. The lowest BCUT2D eigenvalue weighted by Crippen LogP contribution is -2.08. The third kappa shape index (κ3) is 4.66. The standard InChI is InChI=1S/C24H22ClNO/c1-17-9-8-13-21(19-10-4-3-5-11-19)24(17)22(26-18(2)25)16-15-20-12-6-7-14-23(20)27/h3-14,27H,2,15-16H2,1H3. The first-order valence-corrected chi connectivity index (χ1v) is 9.28. The summed E-state index contributed by atoms with van der Waals surface area (Å²) in [6.07, 6.45) is 1.31. The van der Waals surface area contributed by atoms with Gasteiger partial charge in [0, 0.05) is 5.56 Å². The van der Waals surface area contributed by atoms with E-state index in [4.69, 9.17) is 11.6 Å². The molecular formula is C24H22ClNO. The van der Waals surface area contributed by atoms with Gasteiger partial charge < -0.3 is 5.11 Å². The number of nitrogens with zero attached hydrogens (tertiary/aromatic N) is 1. The molecule has 0 radical (unpaired) electrons. The lowest BCUT2D eigenvalue weighted by molar-refractivity contribution is 0.468. The summed E-state index contributed by atoms with van der Waals surface area (Å²) in [6.45, 7) is 5.83. The Kier molecular flexibility index (Phi) is 6.10. The number of aliphatic imine (C=N–C) groups is 1. The molecule has 0 saturated carbocycles. The van der Waals surface area contributed by atoms with E-state index in [-0.39, 0.29) is 5.16 Å². The van der Waals surface area contributed by atoms with Crippen molar-refractivity contribution in [2.24, 2.45) is 4.99 Å². The molecule has 0 unspecified atom stereocenters. The number of aromatic hydroxyl groups is 1. The van der Waals surface area contributed by atoms with Crippen molar-refractivity contribution >= 4 is 17.3 Å². The first kappa shape index (κ1) is 18.9. The van der Waals surface area contributed by atoms with Crippen LogP contribution >= 0.6 is 11.6 Å². The number of hydrogen-bond acceptors (Lipinski definition) is 2. The smallest absolute Gasteiger partial charge is 0.122 e. The van der Waals surface area contributed by atoms with Gasteiger partial charge >= 0.3 is 0 Å². The van der Waals surface area contributed by atoms with Gasteiger partial charge in [-0.1, -0.05) is 84.9 Å². The molecule has 0 aliphatic heterocycles. The number of halogens is 1. The van der Waals surface area contributed by atoms with Crippen molar-refractivity contribution in [2.45, 2.75) is 19.8 Å². The van der Waals surface area contributed by atoms with Crippen LogP contribution in [-0.4, -0.2) is 10.8 Å². The number of hydrogen-bond donors (Lipinski definition) is 1. The van der Waals surface area contributed by atoms with Crippen LogP contribution in [-0.2, 0) is 6.42 Å². The predicted molar refractivity (Wildman–Crippen MR) is 115 cm³/mol. The third-order valence-corrected chi connectivity index (χ3v) is 4.61. The zero-order valence-corrected chi connectivity index (χ0v) is 16.1. The van der Waals surface area contributed by atoms with E-state index in [1.807, 2.05) is 36.4 Å². The van der Waals surface area contributed by atoms with Gasteiger partial charge in [-0.3, -0.25) is 0 Å². The van der Waals surface area contributed by atoms with E-state index in [1.54, 1.807) is 6.07 Å². The van der Waals surface area contributed by atoms with Crippen LogP contribution in [0.15, 0.2) is 89.5 Å². The van der Waals surface area contributed by atoms with Crippen molar-refractivity contribution in [3.63, 3.8) is 0 Å². The minimum Gasteiger partial charge on any atom is -0.508 e. The molecule has 0 heterocycles. The second kappa shape index (κ2) is 8.70. The summed E-state index contributed by atoms with van der Waals surface area (Å²) < 4.78 is 0. The minimum absolute atomic E-state index is 0.254. The Morgan fingerprint density at radius 1 is 0.963 bits per heavy atom. The lowest BCUT2D eigenvalue weighted by Gasteiger charge is -2.16. The summed E-state index contributed by atoms with van der Waals surface area (Å²) >= 11 is 6.05. The summed E-state index contributed by atoms with van der Waals surface area (Å²) in [4.78, 5) is 4.54. The van der Waals surface area contributed by atoms with Gasteiger partial charge in [0.1, 0.15) is 10.9 Å². The van der Waals surface area contributed by atoms with Crippen molar-refractivity contribution in [3.05, 3.63) is 101 Å². The van der Waals surface area contributed by atoms with Crippen LogP contribution in [0.25, 0.3) is 11.1 Å². The molecule has 3 heteroatoms. The fraction of sp³-hybridized carbons (Fsp3) is 0.125. The van der Waals surface area contributed by atoms with Crippen LogP contribution in [0.4, 0.5) is 0 Å². The summed E-state index contributed by atoms with van der Waals surface area (Å²) in [5.41, 5.74) is 6.21. The van der Waals surface area contributed by atoms with Gasteiger partial charge in [0.2, 0.25) is 0 Å². The molecule has 3 aromatic rings. The molecule has 0 atom stereocenters. The fourth-order valence-electron chi connectivity index (χ4n) is 3.27. The van der Waals surface area contributed by atoms with Crippen molar-refractivity contribution < 1.29 is 5.11 Å². The monoisotopic (exact) mass is 375 g/mol. The van der Waals surface area contributed by atoms with E-state index in [2.05, 4.69) is 48.8 Å². The van der Waals surface area contributed by atoms with Gasteiger partial charge in [-0.05, 0) is 48.1 Å². The molecule has 3 aromatic carbocycles. The Balaban J connectivity index is 2.04. The Morgan fingerprint density at radius 3 is 2.37 bits per heavy atom. The van der Waals surface area contributed by atoms with E-state index in [0.717, 1.165) is 33.5 Å². The summed E-state index contributed by atoms with van der Waals surface area (Å²) in [5, 5.41) is 10.3. The maximum Gasteiger partial charge on any atom is 0.122 e. The van der Waals surface area contributed by atoms with Crippen LogP contribution < -0.4 is 0 Å². The molecule has 0 aromatic heterocycles. The minimum atomic E-state index is 0.254. The third-order valence-electron chi connectivity index (χ3n) is 4.53. The molecule has 2 nitrogen and oxygen atoms in total. The van der Waals surface area contributed by atoms with Crippen molar-refractivity contribution in [1.82, 2.24) is 0 Å². The number of aryl methyl sites for hydroxylation is 2. The van der Waals surface area contributed by atoms with E-state index < -0.39 is 0 Å². The first-order valence-electron chi connectivity index (χ1n) is 8.90. The Labute approximate surface area is 165 Å². The molecule has 1 N–H and O–H groups in total. The highest BCUT2D eigenvalue weighted by Gasteiger charge is 2.15. The van der Waals surface area contributed by atoms with Gasteiger partial charge in [0.05, 0.1) is 5.71 Å². The average Bonchev–Trinajstić information content (AvgIpc) is 2.66. The summed E-state index contributed by atoms with van der Waals surface area (Å²) in [7, 11) is 0. The molecular weight excluding hydrogens is 354 g/mol. The van der Waals surface area contributed by atoms with Gasteiger partial charge in [-0.2, -0.15) is 0 Å². The summed E-state index contributed by atoms with van der Waals surface area (Å²) in [6, 6.07) is 23.9. The predicted octanol–water partition coefficient (Wildman–Crippen LogP) is 6.50. The highest BCUT2D eigenvalue weighted by atomic mass is 35.5. The zero-order chi connectivity index (χ0) is 19.2. The quantitative estimate of drug-likeness (QED) is 0.387. The number of phenolic OH excluding ortho intramolecular Hbond substituents is 1. The molecule has 0 aliphatic carbocycles. The van der Waals surface area contributed by atoms with Crippen LogP contribution in [0.5, 0.6) is 5.75 Å². The van der Waals surface area contributed by atoms with Crippen LogP contribution in [0.2, 0.25) is 0 Å². The number of rotatable bonds is 6. The number of para-hydroxylation sites is 1. The summed E-state index contributed by atoms with van der Waals surface area (Å²) in [5.74, 6) is 0.301. The van der Waals surface area contributed by atoms with Gasteiger partial charge in [-0.25, -0.2) is 4.99 Å². The SMILES string of the molecule is C=C(Cl)N=C(CCc1ccccc1O)c1c(C)cccc1-c1ccccc1. The largest absolute Gasteiger partial charge is 0.508 e. The molecule has 0 fully saturated rings. The van der Waals surface area contributed by atoms with Crippen molar-refractivity contribution in [3.8, 4) is 16.9 Å². The Hall–Kier alpha value is -2.84. The Bertz CT molecular complexity index is 977. The lowest BCUT2D eigenvalue weighted by atomic mass is 9.90. The average molecular weight is 376 g/mol. The van der Waals surface area contributed by atoms with E-state index >= 15 is 0 Å². The second-order valence-electron chi connectivity index (χ2n) is 6.43. The molecule has 0 amide bonds. The fourth-order valence-corrected chi connectivity index (χ4v) is 3.37. The van der Waals surface area contributed by atoms with E-state index in [0.29, 0.717) is 18.6 Å². The number of benzene rings is 3. The van der Waals surface area contributed by atoms with E-state index in [1.165, 1.54) is 0 Å². The molecule has 27 heavy (non-hydrogen) atoms. The number of phenols is 1. The molecule has 0 saturated heterocycles. The zero-order valence-electron chi connectivity index (χ0n) is 15.3. The maximum atomic E-state index is 10.1. The maximum absolute atomic E-state index is 10.1. The van der Waals surface area contributed by atoms with Crippen LogP contribution in [0, 0.1) is 6.92 Å².